The Hall–Kier alpha value is -2.44. The van der Waals surface area contributed by atoms with Crippen molar-refractivity contribution < 1.29 is 9.59 Å². The number of anilines is 1. The summed E-state index contributed by atoms with van der Waals surface area (Å²) in [6, 6.07) is 16.1. The number of hydrogen-bond donors (Lipinski definition) is 0. The van der Waals surface area contributed by atoms with Gasteiger partial charge in [-0.3, -0.25) is 9.59 Å². The first-order chi connectivity index (χ1) is 16.9. The van der Waals surface area contributed by atoms with Crippen molar-refractivity contribution in [2.75, 3.05) is 38.1 Å². The van der Waals surface area contributed by atoms with E-state index in [1.165, 1.54) is 5.56 Å². The van der Waals surface area contributed by atoms with Crippen LogP contribution in [-0.4, -0.2) is 66.1 Å². The second-order valence-electron chi connectivity index (χ2n) is 9.81. The second kappa shape index (κ2) is 10.3. The van der Waals surface area contributed by atoms with Crippen LogP contribution in [0.25, 0.3) is 6.08 Å². The van der Waals surface area contributed by atoms with Gasteiger partial charge in [0.1, 0.15) is 0 Å². The van der Waals surface area contributed by atoms with Crippen LogP contribution in [0.15, 0.2) is 53.4 Å². The smallest absolute Gasteiger partial charge is 0.260 e. The number of thioether (sulfide) groups is 1. The molecular formula is C28H32ClN3O2S. The maximum Gasteiger partial charge on any atom is 0.260 e. The summed E-state index contributed by atoms with van der Waals surface area (Å²) in [6.45, 7) is 5.18. The van der Waals surface area contributed by atoms with Crippen molar-refractivity contribution in [3.63, 3.8) is 0 Å². The molecule has 2 aromatic rings. The van der Waals surface area contributed by atoms with Crippen LogP contribution in [0.3, 0.4) is 0 Å². The molecule has 1 saturated carbocycles. The molecule has 2 aromatic carbocycles. The molecule has 5 rings (SSSR count). The summed E-state index contributed by atoms with van der Waals surface area (Å²) in [7, 11) is 1.90. The number of likely N-dealkylation sites (N-methyl/N-ethyl adjacent to an activating group) is 1. The van der Waals surface area contributed by atoms with E-state index in [9.17, 15) is 9.59 Å². The Labute approximate surface area is 217 Å². The molecule has 0 radical (unpaired) electrons. The monoisotopic (exact) mass is 509 g/mol. The van der Waals surface area contributed by atoms with E-state index in [4.69, 9.17) is 11.6 Å². The molecular weight excluding hydrogens is 478 g/mol. The van der Waals surface area contributed by atoms with E-state index in [1.54, 1.807) is 11.8 Å². The third kappa shape index (κ3) is 5.10. The predicted octanol–water partition coefficient (Wildman–Crippen LogP) is 5.08. The van der Waals surface area contributed by atoms with Gasteiger partial charge in [-0.05, 0) is 55.5 Å². The Balaban J connectivity index is 1.20. The van der Waals surface area contributed by atoms with E-state index in [2.05, 4.69) is 11.8 Å². The lowest BCUT2D eigenvalue weighted by molar-refractivity contribution is -0.139. The van der Waals surface area contributed by atoms with Crippen molar-refractivity contribution in [2.45, 2.75) is 37.5 Å². The van der Waals surface area contributed by atoms with Crippen molar-refractivity contribution in [3.8, 4) is 0 Å². The van der Waals surface area contributed by atoms with E-state index in [0.717, 1.165) is 66.6 Å². The van der Waals surface area contributed by atoms with Gasteiger partial charge in [0.2, 0.25) is 5.91 Å². The average molecular weight is 510 g/mol. The van der Waals surface area contributed by atoms with Crippen LogP contribution in [0.5, 0.6) is 0 Å². The van der Waals surface area contributed by atoms with E-state index in [0.29, 0.717) is 5.25 Å². The zero-order valence-corrected chi connectivity index (χ0v) is 21.9. The standard InChI is InChI=1S/C28H32ClN3O2S/c1-19-8-10-22(29)18-23(19)31-12-14-32(15-13-31)27(33)21-9-11-25-24(17-21)30(2)28(34)26(35-25)16-20-6-4-3-5-7-20/h3-8,10,16,18,21,24-25H,9,11-15,17H2,1-2H3/b26-16+. The molecule has 0 spiro atoms. The minimum Gasteiger partial charge on any atom is -0.368 e. The fourth-order valence-corrected chi connectivity index (χ4v) is 7.22. The molecule has 35 heavy (non-hydrogen) atoms. The molecule has 3 atom stereocenters. The van der Waals surface area contributed by atoms with Gasteiger partial charge in [0.05, 0.1) is 4.91 Å². The number of piperazine rings is 1. The summed E-state index contributed by atoms with van der Waals surface area (Å²) < 4.78 is 0. The van der Waals surface area contributed by atoms with Crippen LogP contribution in [0.1, 0.15) is 30.4 Å². The second-order valence-corrected chi connectivity index (χ2v) is 11.5. The fraction of sp³-hybridized carbons (Fsp3) is 0.429. The minimum atomic E-state index is -0.00814. The number of nitrogens with zero attached hydrogens (tertiary/aromatic N) is 3. The summed E-state index contributed by atoms with van der Waals surface area (Å²) in [5.41, 5.74) is 3.41. The van der Waals surface area contributed by atoms with Crippen LogP contribution in [0.4, 0.5) is 5.69 Å². The van der Waals surface area contributed by atoms with Crippen LogP contribution >= 0.6 is 23.4 Å². The number of rotatable bonds is 3. The molecule has 2 aliphatic heterocycles. The highest BCUT2D eigenvalue weighted by molar-refractivity contribution is 8.04. The first-order valence-electron chi connectivity index (χ1n) is 12.4. The topological polar surface area (TPSA) is 43.9 Å². The molecule has 184 valence electrons. The third-order valence-corrected chi connectivity index (χ3v) is 9.25. The zero-order chi connectivity index (χ0) is 24.5. The molecule has 7 heteroatoms. The number of amides is 2. The van der Waals surface area contributed by atoms with Gasteiger partial charge in [0.15, 0.2) is 0 Å². The lowest BCUT2D eigenvalue weighted by Gasteiger charge is -2.45. The number of benzene rings is 2. The van der Waals surface area contributed by atoms with E-state index in [1.807, 2.05) is 71.5 Å². The summed E-state index contributed by atoms with van der Waals surface area (Å²) in [6.07, 6.45) is 4.60. The largest absolute Gasteiger partial charge is 0.368 e. The van der Waals surface area contributed by atoms with Crippen LogP contribution < -0.4 is 4.90 Å². The Morgan fingerprint density at radius 2 is 1.80 bits per heavy atom. The van der Waals surface area contributed by atoms with Gasteiger partial charge in [0, 0.05) is 61.1 Å². The summed E-state index contributed by atoms with van der Waals surface area (Å²) in [5, 5.41) is 1.09. The zero-order valence-electron chi connectivity index (χ0n) is 20.3. The Morgan fingerprint density at radius 3 is 2.54 bits per heavy atom. The van der Waals surface area contributed by atoms with E-state index in [-0.39, 0.29) is 23.8 Å². The van der Waals surface area contributed by atoms with Crippen molar-refractivity contribution >= 4 is 46.9 Å². The molecule has 3 fully saturated rings. The first kappa shape index (κ1) is 24.3. The number of carbonyl (C=O) groups is 2. The number of fused-ring (bicyclic) bond motifs is 1. The first-order valence-corrected chi connectivity index (χ1v) is 13.7. The van der Waals surface area contributed by atoms with Crippen molar-refractivity contribution in [1.29, 1.82) is 0 Å². The third-order valence-electron chi connectivity index (χ3n) is 7.61. The highest BCUT2D eigenvalue weighted by Crippen LogP contribution is 2.43. The van der Waals surface area contributed by atoms with Crippen LogP contribution in [-0.2, 0) is 9.59 Å². The Kier molecular flexibility index (Phi) is 7.12. The molecule has 1 aliphatic carbocycles. The molecule has 5 nitrogen and oxygen atoms in total. The van der Waals surface area contributed by atoms with E-state index < -0.39 is 0 Å². The maximum absolute atomic E-state index is 13.5. The van der Waals surface area contributed by atoms with Gasteiger partial charge in [-0.1, -0.05) is 48.0 Å². The summed E-state index contributed by atoms with van der Waals surface area (Å²) >= 11 is 7.92. The van der Waals surface area contributed by atoms with Gasteiger partial charge < -0.3 is 14.7 Å². The van der Waals surface area contributed by atoms with Crippen molar-refractivity contribution in [2.24, 2.45) is 5.92 Å². The molecule has 0 N–H and O–H groups in total. The number of carbonyl (C=O) groups excluding carboxylic acids is 2. The molecule has 2 heterocycles. The van der Waals surface area contributed by atoms with Gasteiger partial charge in [0.25, 0.3) is 5.91 Å². The molecule has 0 bridgehead atoms. The summed E-state index contributed by atoms with van der Waals surface area (Å²) in [5.74, 6) is 0.312. The fourth-order valence-electron chi connectivity index (χ4n) is 5.57. The normalized spacial score (nSPS) is 26.1. The van der Waals surface area contributed by atoms with Crippen molar-refractivity contribution in [3.05, 3.63) is 69.6 Å². The minimum absolute atomic E-state index is 0.00814. The van der Waals surface area contributed by atoms with Crippen LogP contribution in [0, 0.1) is 12.8 Å². The quantitative estimate of drug-likeness (QED) is 0.541. The molecule has 2 saturated heterocycles. The van der Waals surface area contributed by atoms with Crippen molar-refractivity contribution in [1.82, 2.24) is 9.80 Å². The number of halogens is 1. The Morgan fingerprint density at radius 1 is 1.06 bits per heavy atom. The van der Waals surface area contributed by atoms with Gasteiger partial charge in [-0.15, -0.1) is 11.8 Å². The molecule has 3 aliphatic rings. The van der Waals surface area contributed by atoms with E-state index >= 15 is 0 Å². The Bertz CT molecular complexity index is 1130. The molecule has 0 aromatic heterocycles. The lowest BCUT2D eigenvalue weighted by atomic mass is 9.83. The average Bonchev–Trinajstić information content (AvgIpc) is 2.89. The highest BCUT2D eigenvalue weighted by atomic mass is 35.5. The van der Waals surface area contributed by atoms with Gasteiger partial charge in [-0.2, -0.15) is 0 Å². The lowest BCUT2D eigenvalue weighted by Crippen LogP contribution is -2.55. The maximum atomic E-state index is 13.5. The molecule has 2 amide bonds. The SMILES string of the molecule is Cc1ccc(Cl)cc1N1CCN(C(=O)C2CCC3S/C(=C/c4ccccc4)C(=O)N(C)C3C2)CC1. The highest BCUT2D eigenvalue weighted by Gasteiger charge is 2.43. The summed E-state index contributed by atoms with van der Waals surface area (Å²) in [4.78, 5) is 33.6. The number of aryl methyl sites for hydroxylation is 1. The van der Waals surface area contributed by atoms with Crippen LogP contribution in [0.2, 0.25) is 5.02 Å². The predicted molar refractivity (Wildman–Crippen MR) is 145 cm³/mol. The van der Waals surface area contributed by atoms with Gasteiger partial charge in [-0.25, -0.2) is 0 Å². The number of hydrogen-bond acceptors (Lipinski definition) is 4. The van der Waals surface area contributed by atoms with Gasteiger partial charge >= 0.3 is 0 Å². The molecule has 3 unspecified atom stereocenters.